The van der Waals surface area contributed by atoms with Crippen LogP contribution in [0.4, 0.5) is 0 Å². The lowest BCUT2D eigenvalue weighted by Gasteiger charge is -2.28. The molecule has 0 saturated heterocycles. The molecule has 3 unspecified atom stereocenters. The predicted octanol–water partition coefficient (Wildman–Crippen LogP) is 2.39. The van der Waals surface area contributed by atoms with E-state index in [1.807, 2.05) is 13.0 Å². The monoisotopic (exact) mass is 372 g/mol. The molecule has 0 amide bonds. The highest BCUT2D eigenvalue weighted by molar-refractivity contribution is 7.91. The van der Waals surface area contributed by atoms with E-state index >= 15 is 0 Å². The van der Waals surface area contributed by atoms with Crippen LogP contribution in [-0.2, 0) is 20.2 Å². The number of hydrogen-bond acceptors (Lipinski definition) is 5. The summed E-state index contributed by atoms with van der Waals surface area (Å²) in [4.78, 5) is 1.10. The highest BCUT2D eigenvalue weighted by Gasteiger charge is 2.87. The molecule has 2 saturated carbocycles. The fraction of sp³-hybridized carbons (Fsp3) is 0.765. The minimum Gasteiger partial charge on any atom is -0.385 e. The number of methoxy groups -OCH3 is 1. The first-order valence-electron chi connectivity index (χ1n) is 8.67. The summed E-state index contributed by atoms with van der Waals surface area (Å²) in [7, 11) is -1.90. The summed E-state index contributed by atoms with van der Waals surface area (Å²) in [6.07, 6.45) is 4.66. The van der Waals surface area contributed by atoms with Crippen molar-refractivity contribution in [1.82, 2.24) is 5.32 Å². The molecule has 2 aliphatic carbocycles. The average molecular weight is 373 g/mol. The Hall–Kier alpha value is -0.470. The van der Waals surface area contributed by atoms with Gasteiger partial charge in [-0.1, -0.05) is 13.3 Å². The van der Waals surface area contributed by atoms with Gasteiger partial charge in [0.25, 0.3) is 0 Å². The van der Waals surface area contributed by atoms with Crippen molar-refractivity contribution < 1.29 is 13.2 Å². The van der Waals surface area contributed by atoms with Gasteiger partial charge in [0, 0.05) is 30.6 Å². The van der Waals surface area contributed by atoms with Crippen LogP contribution in [0.2, 0.25) is 0 Å². The summed E-state index contributed by atoms with van der Waals surface area (Å²) in [5, 5.41) is 8.93. The number of rotatable bonds is 10. The molecule has 1 heterocycles. The summed E-state index contributed by atoms with van der Waals surface area (Å²) in [5.41, 5.74) is 1.71. The van der Waals surface area contributed by atoms with Gasteiger partial charge in [0.2, 0.25) is 10.0 Å². The van der Waals surface area contributed by atoms with Gasteiger partial charge in [-0.3, -0.25) is 0 Å². The number of fused-ring (bicyclic) bond motifs is 1. The maximum atomic E-state index is 11.7. The summed E-state index contributed by atoms with van der Waals surface area (Å²) >= 11 is 1.31. The van der Waals surface area contributed by atoms with Gasteiger partial charge in [-0.15, -0.1) is 11.3 Å². The van der Waals surface area contributed by atoms with Gasteiger partial charge in [0.1, 0.15) is 4.21 Å². The third-order valence-electron chi connectivity index (χ3n) is 5.93. The van der Waals surface area contributed by atoms with Crippen molar-refractivity contribution in [2.45, 2.75) is 49.2 Å². The number of thiophene rings is 1. The lowest BCUT2D eigenvalue weighted by Crippen LogP contribution is -2.36. The molecule has 3 rings (SSSR count). The zero-order chi connectivity index (χ0) is 17.6. The van der Waals surface area contributed by atoms with Crippen molar-refractivity contribution in [3.8, 4) is 0 Å². The Morgan fingerprint density at radius 3 is 2.79 bits per heavy atom. The van der Waals surface area contributed by atoms with E-state index in [2.05, 4.69) is 12.2 Å². The molecule has 0 aliphatic heterocycles. The van der Waals surface area contributed by atoms with Crippen LogP contribution in [0.3, 0.4) is 0 Å². The number of sulfonamides is 1. The number of primary sulfonamides is 1. The number of ether oxygens (including phenoxy) is 1. The molecule has 136 valence electrons. The third-order valence-corrected chi connectivity index (χ3v) is 8.40. The minimum atomic E-state index is -3.62. The molecular weight excluding hydrogens is 344 g/mol. The van der Waals surface area contributed by atoms with Gasteiger partial charge < -0.3 is 10.1 Å². The smallest absolute Gasteiger partial charge is 0.247 e. The van der Waals surface area contributed by atoms with Gasteiger partial charge in [-0.25, -0.2) is 13.6 Å². The molecule has 7 heteroatoms. The van der Waals surface area contributed by atoms with Crippen LogP contribution in [0, 0.1) is 18.3 Å². The third kappa shape index (κ3) is 2.74. The van der Waals surface area contributed by atoms with Crippen molar-refractivity contribution in [3.63, 3.8) is 0 Å². The quantitative estimate of drug-likeness (QED) is 0.618. The normalized spacial score (nSPS) is 31.1. The topological polar surface area (TPSA) is 81.4 Å². The second kappa shape index (κ2) is 6.36. The van der Waals surface area contributed by atoms with Crippen molar-refractivity contribution >= 4 is 21.4 Å². The van der Waals surface area contributed by atoms with Gasteiger partial charge >= 0.3 is 0 Å². The SMILES string of the molecule is CCCC12CC1C2(CNCCCOC)c1cc(S(N)(=O)=O)sc1C. The first-order valence-corrected chi connectivity index (χ1v) is 11.0. The van der Waals surface area contributed by atoms with E-state index in [1.54, 1.807) is 7.11 Å². The van der Waals surface area contributed by atoms with Crippen LogP contribution in [-0.4, -0.2) is 35.2 Å². The van der Waals surface area contributed by atoms with Gasteiger partial charge in [0.05, 0.1) is 0 Å². The van der Waals surface area contributed by atoms with E-state index in [4.69, 9.17) is 9.88 Å². The Morgan fingerprint density at radius 2 is 2.25 bits per heavy atom. The Bertz CT molecular complexity index is 715. The highest BCUT2D eigenvalue weighted by atomic mass is 32.2. The van der Waals surface area contributed by atoms with Crippen LogP contribution in [0.1, 0.15) is 43.0 Å². The lowest BCUT2D eigenvalue weighted by molar-refractivity contribution is 0.193. The molecule has 0 spiro atoms. The van der Waals surface area contributed by atoms with Crippen LogP contribution in [0.15, 0.2) is 10.3 Å². The zero-order valence-corrected chi connectivity index (χ0v) is 16.4. The summed E-state index contributed by atoms with van der Waals surface area (Å²) < 4.78 is 28.9. The molecule has 5 nitrogen and oxygen atoms in total. The average Bonchev–Trinajstić information content (AvgIpc) is 3.29. The Morgan fingerprint density at radius 1 is 1.50 bits per heavy atom. The van der Waals surface area contributed by atoms with Crippen LogP contribution in [0.5, 0.6) is 0 Å². The van der Waals surface area contributed by atoms with Crippen LogP contribution in [0.25, 0.3) is 0 Å². The molecule has 3 atom stereocenters. The second-order valence-electron chi connectivity index (χ2n) is 7.24. The molecule has 1 aromatic rings. The van der Waals surface area contributed by atoms with E-state index in [0.717, 1.165) is 31.0 Å². The fourth-order valence-electron chi connectivity index (χ4n) is 4.75. The zero-order valence-electron chi connectivity index (χ0n) is 14.7. The highest BCUT2D eigenvalue weighted by Crippen LogP contribution is 2.89. The molecule has 1 aromatic heterocycles. The van der Waals surface area contributed by atoms with Crippen molar-refractivity contribution in [2.24, 2.45) is 16.5 Å². The van der Waals surface area contributed by atoms with Crippen LogP contribution < -0.4 is 10.5 Å². The van der Waals surface area contributed by atoms with Crippen molar-refractivity contribution in [2.75, 3.05) is 26.8 Å². The standard InChI is InChI=1S/C17H28N2O3S2/c1-4-6-16-10-14(16)17(16,11-19-7-5-8-22-3)13-9-15(23-12(13)2)24(18,20)21/h9,14,19H,4-8,10-11H2,1-3H3,(H2,18,20,21). The van der Waals surface area contributed by atoms with Crippen molar-refractivity contribution in [1.29, 1.82) is 0 Å². The summed E-state index contributed by atoms with van der Waals surface area (Å²) in [6, 6.07) is 1.84. The molecule has 2 fully saturated rings. The Labute approximate surface area is 149 Å². The van der Waals surface area contributed by atoms with Gasteiger partial charge in [0.15, 0.2) is 0 Å². The number of hydrogen-bond donors (Lipinski definition) is 2. The number of aryl methyl sites for hydroxylation is 1. The molecule has 24 heavy (non-hydrogen) atoms. The minimum absolute atomic E-state index is 0.111. The largest absolute Gasteiger partial charge is 0.385 e. The van der Waals surface area contributed by atoms with Gasteiger partial charge in [-0.2, -0.15) is 0 Å². The number of nitrogens with one attached hydrogen (secondary N) is 1. The van der Waals surface area contributed by atoms with E-state index in [0.29, 0.717) is 15.5 Å². The first-order chi connectivity index (χ1) is 11.3. The molecule has 2 aliphatic rings. The molecular formula is C17H28N2O3S2. The maximum absolute atomic E-state index is 11.7. The predicted molar refractivity (Wildman–Crippen MR) is 96.9 cm³/mol. The lowest BCUT2D eigenvalue weighted by atomic mass is 9.79. The maximum Gasteiger partial charge on any atom is 0.247 e. The fourth-order valence-corrected chi connectivity index (χ4v) is 6.70. The van der Waals surface area contributed by atoms with E-state index in [9.17, 15) is 8.42 Å². The first kappa shape index (κ1) is 18.3. The van der Waals surface area contributed by atoms with Crippen LogP contribution >= 0.6 is 11.3 Å². The number of nitrogens with two attached hydrogens (primary N) is 1. The second-order valence-corrected chi connectivity index (χ2v) is 10.3. The summed E-state index contributed by atoms with van der Waals surface area (Å²) in [6.45, 7) is 6.86. The molecule has 0 aromatic carbocycles. The van der Waals surface area contributed by atoms with E-state index in [1.165, 1.54) is 36.2 Å². The summed E-state index contributed by atoms with van der Waals surface area (Å²) in [5.74, 6) is 0.696. The van der Waals surface area contributed by atoms with E-state index in [-0.39, 0.29) is 5.41 Å². The molecule has 0 radical (unpaired) electrons. The Kier molecular flexibility index (Phi) is 4.85. The van der Waals surface area contributed by atoms with Crippen molar-refractivity contribution in [3.05, 3.63) is 16.5 Å². The van der Waals surface area contributed by atoms with E-state index < -0.39 is 10.0 Å². The van der Waals surface area contributed by atoms with Gasteiger partial charge in [-0.05, 0) is 55.7 Å². The molecule has 0 bridgehead atoms. The Balaban J connectivity index is 1.82. The molecule has 3 N–H and O–H groups in total.